The summed E-state index contributed by atoms with van der Waals surface area (Å²) >= 11 is 0. The first kappa shape index (κ1) is 20.5. The molecular weight excluding hydrogens is 524 g/mol. The summed E-state index contributed by atoms with van der Waals surface area (Å²) in [6.45, 7) is 8.97. The second-order valence-corrected chi connectivity index (χ2v) is 7.69. The Labute approximate surface area is 180 Å². The molecule has 147 valence electrons. The number of hydrogen-bond donors (Lipinski definition) is 0. The zero-order valence-electron chi connectivity index (χ0n) is 16.9. The van der Waals surface area contributed by atoms with Crippen LogP contribution in [0.2, 0.25) is 0 Å². The monoisotopic (exact) mass is 550 g/mol. The van der Waals surface area contributed by atoms with Crippen molar-refractivity contribution < 1.29 is 20.1 Å². The molecule has 1 radical (unpaired) electrons. The van der Waals surface area contributed by atoms with Gasteiger partial charge in [-0.25, -0.2) is 0 Å². The Bertz CT molecular complexity index is 1080. The van der Waals surface area contributed by atoms with Crippen molar-refractivity contribution in [3.63, 3.8) is 0 Å². The molecule has 0 spiro atoms. The topological polar surface area (TPSA) is 35.6 Å². The average Bonchev–Trinajstić information content (AvgIpc) is 3.27. The zero-order valence-corrected chi connectivity index (χ0v) is 19.3. The normalized spacial score (nSPS) is 11.4. The minimum atomic E-state index is 0. The van der Waals surface area contributed by atoms with Crippen molar-refractivity contribution in [1.29, 1.82) is 0 Å². The predicted molar refractivity (Wildman–Crippen MR) is 110 cm³/mol. The molecule has 0 saturated carbocycles. The number of benzene rings is 2. The summed E-state index contributed by atoms with van der Waals surface area (Å²) in [5, 5.41) is 0. The van der Waals surface area contributed by atoms with E-state index in [0.29, 0.717) is 11.8 Å². The second kappa shape index (κ2) is 8.02. The summed E-state index contributed by atoms with van der Waals surface area (Å²) in [4.78, 5) is 9.16. The summed E-state index contributed by atoms with van der Waals surface area (Å²) < 4.78 is 4.22. The van der Waals surface area contributed by atoms with Crippen molar-refractivity contribution in [1.82, 2.24) is 19.1 Å². The van der Waals surface area contributed by atoms with Crippen molar-refractivity contribution >= 4 is 11.0 Å². The molecule has 2 heterocycles. The van der Waals surface area contributed by atoms with Crippen molar-refractivity contribution in [2.24, 2.45) is 7.05 Å². The van der Waals surface area contributed by atoms with Gasteiger partial charge in [-0.1, -0.05) is 45.9 Å². The maximum atomic E-state index is 4.67. The van der Waals surface area contributed by atoms with Crippen molar-refractivity contribution in [2.45, 2.75) is 39.5 Å². The van der Waals surface area contributed by atoms with Crippen LogP contribution in [-0.4, -0.2) is 19.1 Å². The molecule has 4 aromatic rings. The number of nitrogens with zero attached hydrogens (tertiary/aromatic N) is 4. The van der Waals surface area contributed by atoms with Crippen molar-refractivity contribution in [3.8, 4) is 17.1 Å². The van der Waals surface area contributed by atoms with Crippen LogP contribution in [0, 0.1) is 6.07 Å². The minimum Gasteiger partial charge on any atom is -0.373 e. The Balaban J connectivity index is 0.00000225. The third-order valence-electron chi connectivity index (χ3n) is 5.12. The zero-order chi connectivity index (χ0) is 19.1. The Kier molecular flexibility index (Phi) is 5.87. The molecule has 0 aliphatic rings. The van der Waals surface area contributed by atoms with Crippen LogP contribution in [0.5, 0.6) is 0 Å². The molecule has 0 fully saturated rings. The molecule has 0 aliphatic carbocycles. The summed E-state index contributed by atoms with van der Waals surface area (Å²) in [5.41, 5.74) is 6.90. The molecule has 2 aromatic heterocycles. The number of aryl methyl sites for hydroxylation is 1. The number of rotatable bonds is 4. The Hall–Kier alpha value is -2.23. The molecule has 28 heavy (non-hydrogen) atoms. The maximum Gasteiger partial charge on any atom is 0.0853 e. The Morgan fingerprint density at radius 3 is 2.32 bits per heavy atom. The number of para-hydroxylation sites is 1. The Morgan fingerprint density at radius 1 is 1.00 bits per heavy atom. The largest absolute Gasteiger partial charge is 0.373 e. The molecule has 4 rings (SSSR count). The van der Waals surface area contributed by atoms with Gasteiger partial charge < -0.3 is 9.13 Å². The first-order valence-corrected chi connectivity index (χ1v) is 9.47. The fourth-order valence-electron chi connectivity index (χ4n) is 3.67. The number of imidazole rings is 2. The van der Waals surface area contributed by atoms with E-state index in [2.05, 4.69) is 78.8 Å². The van der Waals surface area contributed by atoms with E-state index < -0.39 is 0 Å². The standard InChI is InChI=1S/C23H25N4.Ir/c1-15(2)18-7-6-8-19(16(3)4)22(18)27-12-11-24-23(27)17-9-10-21-20(13-17)25-14-26(21)5;/h6-8,10-16H,1-5H3;/q-1;. The molecule has 4 nitrogen and oxygen atoms in total. The van der Waals surface area contributed by atoms with E-state index in [4.69, 9.17) is 0 Å². The molecule has 0 bridgehead atoms. The molecule has 0 atom stereocenters. The van der Waals surface area contributed by atoms with Gasteiger partial charge in [0.15, 0.2) is 0 Å². The van der Waals surface area contributed by atoms with E-state index in [1.165, 1.54) is 16.8 Å². The molecule has 0 amide bonds. The molecule has 2 aromatic carbocycles. The van der Waals surface area contributed by atoms with Crippen molar-refractivity contribution in [2.75, 3.05) is 0 Å². The second-order valence-electron chi connectivity index (χ2n) is 7.69. The first-order valence-electron chi connectivity index (χ1n) is 9.47. The fraction of sp³-hybridized carbons (Fsp3) is 0.304. The first-order chi connectivity index (χ1) is 13.0. The maximum absolute atomic E-state index is 4.67. The van der Waals surface area contributed by atoms with Gasteiger partial charge in [-0.15, -0.1) is 23.8 Å². The van der Waals surface area contributed by atoms with Gasteiger partial charge in [0.1, 0.15) is 0 Å². The Morgan fingerprint density at radius 2 is 1.68 bits per heavy atom. The molecule has 0 aliphatic heterocycles. The van der Waals surface area contributed by atoms with E-state index in [1.807, 2.05) is 30.2 Å². The van der Waals surface area contributed by atoms with Crippen molar-refractivity contribution in [3.05, 3.63) is 66.2 Å². The minimum absolute atomic E-state index is 0. The predicted octanol–water partition coefficient (Wildman–Crippen LogP) is 5.47. The van der Waals surface area contributed by atoms with Crippen LogP contribution >= 0.6 is 0 Å². The SMILES string of the molecule is CC(C)c1cccc(C(C)C)c1-n1ccnc1-c1[c-]cc2c(c1)ncn2C.[Ir]. The van der Waals surface area contributed by atoms with E-state index in [9.17, 15) is 0 Å². The fourth-order valence-corrected chi connectivity index (χ4v) is 3.67. The van der Waals surface area contributed by atoms with Crippen LogP contribution in [-0.2, 0) is 27.2 Å². The van der Waals surface area contributed by atoms with Crippen LogP contribution in [0.1, 0.15) is 50.7 Å². The van der Waals surface area contributed by atoms with Gasteiger partial charge in [0.05, 0.1) is 12.2 Å². The van der Waals surface area contributed by atoms with Crippen LogP contribution in [0.15, 0.2) is 49.1 Å². The van der Waals surface area contributed by atoms with Gasteiger partial charge in [0.2, 0.25) is 0 Å². The molecule has 0 N–H and O–H groups in total. The number of fused-ring (bicyclic) bond motifs is 1. The van der Waals surface area contributed by atoms with Crippen LogP contribution in [0.4, 0.5) is 0 Å². The van der Waals surface area contributed by atoms with Gasteiger partial charge >= 0.3 is 0 Å². The summed E-state index contributed by atoms with van der Waals surface area (Å²) in [6, 6.07) is 14.1. The smallest absolute Gasteiger partial charge is 0.0853 e. The summed E-state index contributed by atoms with van der Waals surface area (Å²) in [5.74, 6) is 1.75. The molecule has 0 saturated heterocycles. The van der Waals surface area contributed by atoms with E-state index in [1.54, 1.807) is 0 Å². The summed E-state index contributed by atoms with van der Waals surface area (Å²) in [6.07, 6.45) is 5.76. The number of hydrogen-bond acceptors (Lipinski definition) is 2. The van der Waals surface area contributed by atoms with E-state index in [0.717, 1.165) is 22.4 Å². The molecular formula is C23H25IrN4-. The van der Waals surface area contributed by atoms with Gasteiger partial charge in [-0.05, 0) is 28.5 Å². The van der Waals surface area contributed by atoms with Gasteiger partial charge in [-0.3, -0.25) is 9.97 Å². The van der Waals surface area contributed by atoms with Crippen LogP contribution < -0.4 is 0 Å². The average molecular weight is 550 g/mol. The van der Waals surface area contributed by atoms with Gasteiger partial charge in [0.25, 0.3) is 0 Å². The van der Waals surface area contributed by atoms with E-state index >= 15 is 0 Å². The van der Waals surface area contributed by atoms with Crippen LogP contribution in [0.3, 0.4) is 0 Å². The quantitative estimate of drug-likeness (QED) is 0.317. The molecule has 0 unspecified atom stereocenters. The summed E-state index contributed by atoms with van der Waals surface area (Å²) in [7, 11) is 2.00. The van der Waals surface area contributed by atoms with Crippen LogP contribution in [0.25, 0.3) is 28.1 Å². The third-order valence-corrected chi connectivity index (χ3v) is 5.12. The third kappa shape index (κ3) is 3.45. The van der Waals surface area contributed by atoms with E-state index in [-0.39, 0.29) is 20.1 Å². The van der Waals surface area contributed by atoms with Gasteiger partial charge in [0, 0.05) is 50.8 Å². The van der Waals surface area contributed by atoms with Gasteiger partial charge in [-0.2, -0.15) is 0 Å². The molecule has 5 heteroatoms. The number of aromatic nitrogens is 4.